The van der Waals surface area contributed by atoms with E-state index in [1.165, 1.54) is 5.56 Å². The van der Waals surface area contributed by atoms with E-state index in [1.807, 2.05) is 6.07 Å². The van der Waals surface area contributed by atoms with Gasteiger partial charge in [0.25, 0.3) is 0 Å². The van der Waals surface area contributed by atoms with E-state index in [-0.39, 0.29) is 6.54 Å². The molecule has 1 saturated heterocycles. The molecule has 1 aromatic carbocycles. The number of benzene rings is 1. The Morgan fingerprint density at radius 3 is 2.78 bits per heavy atom. The summed E-state index contributed by atoms with van der Waals surface area (Å²) < 4.78 is 0. The molecule has 0 bridgehead atoms. The van der Waals surface area contributed by atoms with Crippen molar-refractivity contribution in [3.05, 3.63) is 35.9 Å². The molecule has 1 fully saturated rings. The van der Waals surface area contributed by atoms with E-state index in [9.17, 15) is 4.79 Å². The maximum atomic E-state index is 10.9. The van der Waals surface area contributed by atoms with Gasteiger partial charge in [0.15, 0.2) is 0 Å². The minimum absolute atomic E-state index is 0.175. The third kappa shape index (κ3) is 2.91. The highest BCUT2D eigenvalue weighted by Crippen LogP contribution is 2.33. The standard InChI is InChI=1S/C15H21NO2/c1-2-13(12-7-4-3-5-8-12)14-9-6-10-16(14)11-15(17)18/h3-5,7-8,13-14H,2,6,9-11H2,1H3,(H,17,18)/t13-,14-/m1/s1. The number of hydrogen-bond donors (Lipinski definition) is 1. The third-order valence-corrected chi connectivity index (χ3v) is 3.88. The van der Waals surface area contributed by atoms with Crippen LogP contribution in [0.3, 0.4) is 0 Å². The Kier molecular flexibility index (Phi) is 4.37. The molecule has 0 aliphatic carbocycles. The molecular formula is C15H21NO2. The maximum Gasteiger partial charge on any atom is 0.317 e. The average Bonchev–Trinajstić information content (AvgIpc) is 2.79. The van der Waals surface area contributed by atoms with Crippen molar-refractivity contribution in [2.24, 2.45) is 0 Å². The van der Waals surface area contributed by atoms with Crippen molar-refractivity contribution in [1.29, 1.82) is 0 Å². The van der Waals surface area contributed by atoms with Gasteiger partial charge in [-0.2, -0.15) is 0 Å². The zero-order chi connectivity index (χ0) is 13.0. The van der Waals surface area contributed by atoms with Crippen LogP contribution in [-0.2, 0) is 4.79 Å². The van der Waals surface area contributed by atoms with Crippen LogP contribution in [0.5, 0.6) is 0 Å². The van der Waals surface area contributed by atoms with Gasteiger partial charge in [-0.25, -0.2) is 0 Å². The predicted octanol–water partition coefficient (Wildman–Crippen LogP) is 2.73. The van der Waals surface area contributed by atoms with Crippen molar-refractivity contribution in [2.75, 3.05) is 13.1 Å². The first-order valence-electron chi connectivity index (χ1n) is 6.73. The lowest BCUT2D eigenvalue weighted by Gasteiger charge is -2.30. The molecule has 18 heavy (non-hydrogen) atoms. The topological polar surface area (TPSA) is 40.5 Å². The van der Waals surface area contributed by atoms with Crippen LogP contribution in [0.25, 0.3) is 0 Å². The van der Waals surface area contributed by atoms with Crippen LogP contribution in [0.15, 0.2) is 30.3 Å². The lowest BCUT2D eigenvalue weighted by molar-refractivity contribution is -0.138. The molecule has 0 spiro atoms. The van der Waals surface area contributed by atoms with Crippen molar-refractivity contribution >= 4 is 5.97 Å². The molecule has 1 aliphatic heterocycles. The van der Waals surface area contributed by atoms with E-state index in [4.69, 9.17) is 5.11 Å². The SMILES string of the molecule is CC[C@H](c1ccccc1)[C@H]1CCCN1CC(=O)O. The highest BCUT2D eigenvalue weighted by atomic mass is 16.4. The molecule has 1 N–H and O–H groups in total. The van der Waals surface area contributed by atoms with Gasteiger partial charge in [-0.1, -0.05) is 37.3 Å². The lowest BCUT2D eigenvalue weighted by Crippen LogP contribution is -2.37. The molecule has 2 atom stereocenters. The van der Waals surface area contributed by atoms with Crippen LogP contribution in [0.2, 0.25) is 0 Å². The van der Waals surface area contributed by atoms with Gasteiger partial charge in [-0.15, -0.1) is 0 Å². The van der Waals surface area contributed by atoms with Crippen LogP contribution in [0.4, 0.5) is 0 Å². The maximum absolute atomic E-state index is 10.9. The summed E-state index contributed by atoms with van der Waals surface area (Å²) in [6.45, 7) is 3.28. The fraction of sp³-hybridized carbons (Fsp3) is 0.533. The van der Waals surface area contributed by atoms with Gasteiger partial charge in [0.1, 0.15) is 0 Å². The Labute approximate surface area is 108 Å². The molecule has 1 heterocycles. The van der Waals surface area contributed by atoms with E-state index >= 15 is 0 Å². The number of carboxylic acid groups (broad SMARTS) is 1. The summed E-state index contributed by atoms with van der Waals surface area (Å²) in [5.41, 5.74) is 1.34. The molecule has 3 heteroatoms. The van der Waals surface area contributed by atoms with E-state index in [0.717, 1.165) is 25.8 Å². The molecular weight excluding hydrogens is 226 g/mol. The molecule has 0 unspecified atom stereocenters. The Hall–Kier alpha value is -1.35. The van der Waals surface area contributed by atoms with E-state index in [1.54, 1.807) is 0 Å². The zero-order valence-electron chi connectivity index (χ0n) is 10.9. The van der Waals surface area contributed by atoms with Crippen molar-refractivity contribution in [3.63, 3.8) is 0 Å². The van der Waals surface area contributed by atoms with Crippen LogP contribution < -0.4 is 0 Å². The molecule has 98 valence electrons. The Balaban J connectivity index is 2.14. The molecule has 3 nitrogen and oxygen atoms in total. The summed E-state index contributed by atoms with van der Waals surface area (Å²) >= 11 is 0. The van der Waals surface area contributed by atoms with Crippen molar-refractivity contribution < 1.29 is 9.90 Å². The summed E-state index contributed by atoms with van der Waals surface area (Å²) in [5, 5.41) is 8.98. The average molecular weight is 247 g/mol. The van der Waals surface area contributed by atoms with Gasteiger partial charge in [-0.05, 0) is 37.3 Å². The smallest absolute Gasteiger partial charge is 0.317 e. The highest BCUT2D eigenvalue weighted by Gasteiger charge is 2.32. The Morgan fingerprint density at radius 1 is 1.44 bits per heavy atom. The van der Waals surface area contributed by atoms with Crippen LogP contribution in [-0.4, -0.2) is 35.1 Å². The van der Waals surface area contributed by atoms with Crippen LogP contribution >= 0.6 is 0 Å². The quantitative estimate of drug-likeness (QED) is 0.869. The van der Waals surface area contributed by atoms with Gasteiger partial charge in [-0.3, -0.25) is 9.69 Å². The van der Waals surface area contributed by atoms with Crippen molar-refractivity contribution in [2.45, 2.75) is 38.1 Å². The first kappa shape index (κ1) is 13.1. The largest absolute Gasteiger partial charge is 0.480 e. The van der Waals surface area contributed by atoms with Gasteiger partial charge in [0, 0.05) is 6.04 Å². The van der Waals surface area contributed by atoms with Gasteiger partial charge in [0.05, 0.1) is 6.54 Å². The minimum atomic E-state index is -0.718. The van der Waals surface area contributed by atoms with E-state index in [2.05, 4.69) is 36.1 Å². The fourth-order valence-electron chi connectivity index (χ4n) is 3.11. The molecule has 1 aliphatic rings. The third-order valence-electron chi connectivity index (χ3n) is 3.88. The lowest BCUT2D eigenvalue weighted by atomic mass is 9.88. The van der Waals surface area contributed by atoms with E-state index in [0.29, 0.717) is 12.0 Å². The molecule has 0 radical (unpaired) electrons. The fourth-order valence-corrected chi connectivity index (χ4v) is 3.11. The number of likely N-dealkylation sites (tertiary alicyclic amines) is 1. The molecule has 0 saturated carbocycles. The second-order valence-corrected chi connectivity index (χ2v) is 5.00. The number of nitrogens with zero attached hydrogens (tertiary/aromatic N) is 1. The van der Waals surface area contributed by atoms with E-state index < -0.39 is 5.97 Å². The number of aliphatic carboxylic acids is 1. The molecule has 0 aromatic heterocycles. The molecule has 2 rings (SSSR count). The Bertz CT molecular complexity index is 391. The Morgan fingerprint density at radius 2 is 2.17 bits per heavy atom. The molecule has 1 aromatic rings. The van der Waals surface area contributed by atoms with Gasteiger partial charge in [0.2, 0.25) is 0 Å². The van der Waals surface area contributed by atoms with Crippen LogP contribution in [0.1, 0.15) is 37.7 Å². The second-order valence-electron chi connectivity index (χ2n) is 5.00. The van der Waals surface area contributed by atoms with Gasteiger partial charge >= 0.3 is 5.97 Å². The molecule has 0 amide bonds. The monoisotopic (exact) mass is 247 g/mol. The number of rotatable bonds is 5. The first-order chi connectivity index (χ1) is 8.72. The highest BCUT2D eigenvalue weighted by molar-refractivity contribution is 5.69. The van der Waals surface area contributed by atoms with Crippen LogP contribution in [0, 0.1) is 0 Å². The number of carboxylic acids is 1. The summed E-state index contributed by atoms with van der Waals surface area (Å²) in [5.74, 6) is -0.266. The number of hydrogen-bond acceptors (Lipinski definition) is 2. The summed E-state index contributed by atoms with van der Waals surface area (Å²) in [4.78, 5) is 13.0. The van der Waals surface area contributed by atoms with Crippen molar-refractivity contribution in [1.82, 2.24) is 4.90 Å². The summed E-state index contributed by atoms with van der Waals surface area (Å²) in [7, 11) is 0. The van der Waals surface area contributed by atoms with Crippen molar-refractivity contribution in [3.8, 4) is 0 Å². The normalized spacial score (nSPS) is 21.9. The summed E-state index contributed by atoms with van der Waals surface area (Å²) in [6.07, 6.45) is 3.28. The zero-order valence-corrected chi connectivity index (χ0v) is 10.9. The number of carbonyl (C=O) groups is 1. The summed E-state index contributed by atoms with van der Waals surface area (Å²) in [6, 6.07) is 10.9. The predicted molar refractivity (Wildman–Crippen MR) is 71.7 cm³/mol. The first-order valence-corrected chi connectivity index (χ1v) is 6.73. The second kappa shape index (κ2) is 6.01. The minimum Gasteiger partial charge on any atom is -0.480 e. The van der Waals surface area contributed by atoms with Gasteiger partial charge < -0.3 is 5.11 Å².